The third kappa shape index (κ3) is 3.53. The fourth-order valence-electron chi connectivity index (χ4n) is 2.97. The second kappa shape index (κ2) is 7.19. The van der Waals surface area contributed by atoms with Crippen LogP contribution in [-0.2, 0) is 4.79 Å². The first-order valence-electron chi connectivity index (χ1n) is 8.42. The van der Waals surface area contributed by atoms with Crippen molar-refractivity contribution < 1.29 is 31.9 Å². The summed E-state index contributed by atoms with van der Waals surface area (Å²) in [5, 5.41) is 3.15. The average molecular weight is 409 g/mol. The first-order valence-corrected chi connectivity index (χ1v) is 8.42. The molecular weight excluding hydrogens is 394 g/mol. The molecule has 2 N–H and O–H groups in total. The Labute approximate surface area is 162 Å². The van der Waals surface area contributed by atoms with Gasteiger partial charge in [-0.15, -0.1) is 0 Å². The SMILES string of the molecule is C[C@H](c1ccccc1)N1C(=O)N[C@@](NC(=O)c2ccc(F)cc2)(C(F)(F)F)C1=O. The standard InChI is InChI=1S/C19H15F4N3O3/c1-11(12-5-3-2-4-6-12)26-16(28)18(19(21,22)23,25-17(26)29)24-15(27)13-7-9-14(20)10-8-13/h2-11H,1H3,(H,24,27)(H,25,29)/t11-,18-/m1/s1. The van der Waals surface area contributed by atoms with Crippen molar-refractivity contribution in [2.75, 3.05) is 0 Å². The second-order valence-electron chi connectivity index (χ2n) is 6.40. The Morgan fingerprint density at radius 2 is 1.66 bits per heavy atom. The molecule has 0 aliphatic carbocycles. The van der Waals surface area contributed by atoms with Crippen LogP contribution in [0, 0.1) is 5.82 Å². The van der Waals surface area contributed by atoms with Crippen LogP contribution in [0.1, 0.15) is 28.9 Å². The van der Waals surface area contributed by atoms with Crippen LogP contribution in [0.4, 0.5) is 22.4 Å². The van der Waals surface area contributed by atoms with Gasteiger partial charge in [0.1, 0.15) is 5.82 Å². The summed E-state index contributed by atoms with van der Waals surface area (Å²) in [6.45, 7) is 1.39. The van der Waals surface area contributed by atoms with Gasteiger partial charge in [0.15, 0.2) is 0 Å². The maximum absolute atomic E-state index is 13.9. The summed E-state index contributed by atoms with van der Waals surface area (Å²) in [4.78, 5) is 37.8. The third-order valence-electron chi connectivity index (χ3n) is 4.55. The van der Waals surface area contributed by atoms with E-state index >= 15 is 0 Å². The maximum Gasteiger partial charge on any atom is 0.440 e. The van der Waals surface area contributed by atoms with Gasteiger partial charge in [-0.05, 0) is 36.8 Å². The van der Waals surface area contributed by atoms with E-state index in [1.54, 1.807) is 41.0 Å². The van der Waals surface area contributed by atoms with E-state index in [9.17, 15) is 31.9 Å². The Morgan fingerprint density at radius 3 is 2.21 bits per heavy atom. The van der Waals surface area contributed by atoms with E-state index in [0.717, 1.165) is 24.3 Å². The van der Waals surface area contributed by atoms with Crippen molar-refractivity contribution in [3.63, 3.8) is 0 Å². The number of carbonyl (C=O) groups is 3. The Kier molecular flexibility index (Phi) is 5.04. The lowest BCUT2D eigenvalue weighted by molar-refractivity contribution is -0.200. The highest BCUT2D eigenvalue weighted by atomic mass is 19.4. The molecule has 152 valence electrons. The van der Waals surface area contributed by atoms with Crippen molar-refractivity contribution in [3.05, 3.63) is 71.5 Å². The number of amides is 4. The molecule has 0 spiro atoms. The summed E-state index contributed by atoms with van der Waals surface area (Å²) < 4.78 is 54.7. The van der Waals surface area contributed by atoms with E-state index in [0.29, 0.717) is 10.5 Å². The zero-order valence-electron chi connectivity index (χ0n) is 15.0. The topological polar surface area (TPSA) is 78.5 Å². The molecule has 2 atom stereocenters. The van der Waals surface area contributed by atoms with Gasteiger partial charge in [0.2, 0.25) is 0 Å². The fourth-order valence-corrected chi connectivity index (χ4v) is 2.97. The van der Waals surface area contributed by atoms with Crippen LogP contribution in [0.5, 0.6) is 0 Å². The Bertz CT molecular complexity index is 947. The number of imide groups is 1. The lowest BCUT2D eigenvalue weighted by atomic mass is 10.0. The summed E-state index contributed by atoms with van der Waals surface area (Å²) in [5.74, 6) is -3.66. The zero-order chi connectivity index (χ0) is 21.4. The first kappa shape index (κ1) is 20.3. The van der Waals surface area contributed by atoms with Gasteiger partial charge in [-0.3, -0.25) is 19.8 Å². The molecule has 0 radical (unpaired) electrons. The van der Waals surface area contributed by atoms with E-state index in [2.05, 4.69) is 0 Å². The van der Waals surface area contributed by atoms with Crippen LogP contribution < -0.4 is 10.6 Å². The van der Waals surface area contributed by atoms with Gasteiger partial charge in [0.25, 0.3) is 17.5 Å². The van der Waals surface area contributed by atoms with Crippen molar-refractivity contribution in [2.45, 2.75) is 24.8 Å². The fraction of sp³-hybridized carbons (Fsp3) is 0.211. The molecule has 0 aromatic heterocycles. The molecule has 4 amide bonds. The van der Waals surface area contributed by atoms with Crippen LogP contribution in [0.3, 0.4) is 0 Å². The number of alkyl halides is 3. The minimum Gasteiger partial charge on any atom is -0.314 e. The molecule has 1 fully saturated rings. The molecule has 29 heavy (non-hydrogen) atoms. The van der Waals surface area contributed by atoms with Crippen LogP contribution in [0.25, 0.3) is 0 Å². The lowest BCUT2D eigenvalue weighted by Gasteiger charge is -2.30. The number of benzene rings is 2. The molecule has 1 saturated heterocycles. The normalized spacial score (nSPS) is 20.4. The number of rotatable bonds is 4. The number of halogens is 4. The highest BCUT2D eigenvalue weighted by Crippen LogP contribution is 2.37. The smallest absolute Gasteiger partial charge is 0.314 e. The van der Waals surface area contributed by atoms with E-state index in [1.165, 1.54) is 6.92 Å². The van der Waals surface area contributed by atoms with E-state index in [4.69, 9.17) is 0 Å². The molecule has 3 rings (SSSR count). The van der Waals surface area contributed by atoms with Crippen molar-refractivity contribution in [1.29, 1.82) is 0 Å². The third-order valence-corrected chi connectivity index (χ3v) is 4.55. The first-order chi connectivity index (χ1) is 13.6. The van der Waals surface area contributed by atoms with Crippen molar-refractivity contribution in [1.82, 2.24) is 15.5 Å². The molecule has 0 bridgehead atoms. The van der Waals surface area contributed by atoms with Gasteiger partial charge in [-0.25, -0.2) is 9.18 Å². The van der Waals surface area contributed by atoms with Crippen LogP contribution in [-0.4, -0.2) is 34.6 Å². The predicted octanol–water partition coefficient (Wildman–Crippen LogP) is 3.13. The van der Waals surface area contributed by atoms with Gasteiger partial charge in [0.05, 0.1) is 6.04 Å². The average Bonchev–Trinajstić information content (AvgIpc) is 2.93. The quantitative estimate of drug-likeness (QED) is 0.602. The summed E-state index contributed by atoms with van der Waals surface area (Å²) in [5.41, 5.74) is -3.52. The van der Waals surface area contributed by atoms with Gasteiger partial charge in [-0.2, -0.15) is 13.2 Å². The molecule has 0 saturated carbocycles. The number of urea groups is 1. The van der Waals surface area contributed by atoms with E-state index in [1.807, 2.05) is 0 Å². The van der Waals surface area contributed by atoms with Crippen LogP contribution in [0.2, 0.25) is 0 Å². The van der Waals surface area contributed by atoms with Gasteiger partial charge >= 0.3 is 12.2 Å². The molecule has 10 heteroatoms. The number of carbonyl (C=O) groups excluding carboxylic acids is 3. The highest BCUT2D eigenvalue weighted by Gasteiger charge is 2.69. The number of hydrogen-bond donors (Lipinski definition) is 2. The molecule has 1 aliphatic rings. The number of hydrogen-bond acceptors (Lipinski definition) is 3. The Balaban J connectivity index is 1.96. The molecule has 6 nitrogen and oxygen atoms in total. The monoisotopic (exact) mass is 409 g/mol. The van der Waals surface area contributed by atoms with E-state index in [-0.39, 0.29) is 5.56 Å². The Morgan fingerprint density at radius 1 is 1.07 bits per heavy atom. The van der Waals surface area contributed by atoms with Crippen LogP contribution in [0.15, 0.2) is 54.6 Å². The summed E-state index contributed by atoms with van der Waals surface area (Å²) >= 11 is 0. The largest absolute Gasteiger partial charge is 0.440 e. The van der Waals surface area contributed by atoms with Crippen molar-refractivity contribution in [3.8, 4) is 0 Å². The summed E-state index contributed by atoms with van der Waals surface area (Å²) in [6, 6.07) is 9.35. The molecular formula is C19H15F4N3O3. The minimum atomic E-state index is -5.33. The van der Waals surface area contributed by atoms with Crippen molar-refractivity contribution in [2.24, 2.45) is 0 Å². The van der Waals surface area contributed by atoms with Gasteiger partial charge < -0.3 is 5.32 Å². The van der Waals surface area contributed by atoms with E-state index < -0.39 is 41.5 Å². The lowest BCUT2D eigenvalue weighted by Crippen LogP contribution is -2.69. The van der Waals surface area contributed by atoms with Gasteiger partial charge in [-0.1, -0.05) is 30.3 Å². The number of nitrogens with zero attached hydrogens (tertiary/aromatic N) is 1. The molecule has 2 aromatic rings. The molecule has 2 aromatic carbocycles. The Hall–Kier alpha value is -3.43. The summed E-state index contributed by atoms with van der Waals surface area (Å²) in [6.07, 6.45) is -5.33. The predicted molar refractivity (Wildman–Crippen MR) is 92.9 cm³/mol. The van der Waals surface area contributed by atoms with Gasteiger partial charge in [0, 0.05) is 5.56 Å². The zero-order valence-corrected chi connectivity index (χ0v) is 15.0. The van der Waals surface area contributed by atoms with Crippen molar-refractivity contribution >= 4 is 17.8 Å². The maximum atomic E-state index is 13.9. The highest BCUT2D eigenvalue weighted by molar-refractivity contribution is 6.10. The molecule has 0 unspecified atom stereocenters. The number of nitrogens with one attached hydrogen (secondary N) is 2. The molecule has 1 heterocycles. The van der Waals surface area contributed by atoms with Crippen LogP contribution >= 0.6 is 0 Å². The molecule has 1 aliphatic heterocycles. The summed E-state index contributed by atoms with van der Waals surface area (Å²) in [7, 11) is 0. The second-order valence-corrected chi connectivity index (χ2v) is 6.40. The minimum absolute atomic E-state index is 0.313.